The Hall–Kier alpha value is -2.76. The van der Waals surface area contributed by atoms with Crippen LogP contribution >= 0.6 is 0 Å². The second-order valence-corrected chi connectivity index (χ2v) is 5.45. The Balaban J connectivity index is 2.04. The van der Waals surface area contributed by atoms with Gasteiger partial charge in [0.2, 0.25) is 0 Å². The van der Waals surface area contributed by atoms with E-state index in [2.05, 4.69) is 15.2 Å². The molecule has 0 fully saturated rings. The fraction of sp³-hybridized carbons (Fsp3) is 0.235. The third kappa shape index (κ3) is 3.06. The molecule has 1 aromatic carbocycles. The van der Waals surface area contributed by atoms with E-state index in [-0.39, 0.29) is 11.7 Å². The molecule has 23 heavy (non-hydrogen) atoms. The summed E-state index contributed by atoms with van der Waals surface area (Å²) >= 11 is 0. The molecule has 0 unspecified atom stereocenters. The Morgan fingerprint density at radius 3 is 2.48 bits per heavy atom. The number of fused-ring (bicyclic) bond motifs is 1. The minimum absolute atomic E-state index is 0.155. The highest BCUT2D eigenvalue weighted by molar-refractivity contribution is 5.53. The number of aromatic nitrogens is 2. The van der Waals surface area contributed by atoms with Crippen molar-refractivity contribution < 1.29 is 9.13 Å². The molecule has 0 aliphatic rings. The van der Waals surface area contributed by atoms with Crippen molar-refractivity contribution in [1.29, 1.82) is 0 Å². The Kier molecular flexibility index (Phi) is 4.06. The lowest BCUT2D eigenvalue weighted by Gasteiger charge is -2.02. The molecule has 0 saturated carbocycles. The Morgan fingerprint density at radius 2 is 1.83 bits per heavy atom. The molecule has 3 rings (SSSR count). The van der Waals surface area contributed by atoms with Crippen molar-refractivity contribution in [2.75, 3.05) is 7.11 Å². The number of methoxy groups -OCH3 is 1. The Bertz CT molecular complexity index is 853. The van der Waals surface area contributed by atoms with Crippen molar-refractivity contribution in [1.82, 2.24) is 9.38 Å². The van der Waals surface area contributed by atoms with E-state index < -0.39 is 0 Å². The van der Waals surface area contributed by atoms with Crippen LogP contribution in [-0.4, -0.2) is 16.5 Å². The summed E-state index contributed by atoms with van der Waals surface area (Å²) < 4.78 is 20.3. The number of ether oxygens (including phenoxy) is 1. The van der Waals surface area contributed by atoms with Gasteiger partial charge in [-0.1, -0.05) is 13.8 Å². The van der Waals surface area contributed by atoms with E-state index in [0.717, 1.165) is 11.4 Å². The zero-order valence-electron chi connectivity index (χ0n) is 13.2. The van der Waals surface area contributed by atoms with Crippen LogP contribution in [0.25, 0.3) is 5.65 Å². The number of rotatable bonds is 4. The van der Waals surface area contributed by atoms with E-state index in [0.29, 0.717) is 17.2 Å². The van der Waals surface area contributed by atoms with Crippen LogP contribution in [0.2, 0.25) is 0 Å². The molecule has 6 heteroatoms. The molecule has 118 valence electrons. The van der Waals surface area contributed by atoms with Crippen molar-refractivity contribution in [3.8, 4) is 5.75 Å². The van der Waals surface area contributed by atoms with Crippen molar-refractivity contribution in [3.05, 3.63) is 54.1 Å². The van der Waals surface area contributed by atoms with Crippen molar-refractivity contribution in [2.24, 2.45) is 10.2 Å². The molecular weight excluding hydrogens is 295 g/mol. The summed E-state index contributed by atoms with van der Waals surface area (Å²) in [5.74, 6) is 1.11. The molecule has 0 N–H and O–H groups in total. The maximum Gasteiger partial charge on any atom is 0.183 e. The number of halogens is 1. The molecule has 3 aromatic rings. The monoisotopic (exact) mass is 312 g/mol. The minimum Gasteiger partial charge on any atom is -0.497 e. The lowest BCUT2D eigenvalue weighted by atomic mass is 10.1. The van der Waals surface area contributed by atoms with E-state index in [1.807, 2.05) is 26.0 Å². The van der Waals surface area contributed by atoms with Gasteiger partial charge in [-0.15, -0.1) is 10.2 Å². The summed E-state index contributed by atoms with van der Waals surface area (Å²) in [7, 11) is 1.61. The lowest BCUT2D eigenvalue weighted by molar-refractivity contribution is 0.415. The van der Waals surface area contributed by atoms with Gasteiger partial charge in [-0.3, -0.25) is 4.40 Å². The van der Waals surface area contributed by atoms with Gasteiger partial charge in [0, 0.05) is 6.20 Å². The SMILES string of the molecule is COc1ccc(N=Nc2c(C(C)C)nc3ccc(F)cn23)cc1. The van der Waals surface area contributed by atoms with Gasteiger partial charge in [0.05, 0.1) is 18.5 Å². The molecule has 0 aliphatic carbocycles. The van der Waals surface area contributed by atoms with E-state index >= 15 is 0 Å². The minimum atomic E-state index is -0.342. The molecule has 0 spiro atoms. The Morgan fingerprint density at radius 1 is 1.09 bits per heavy atom. The van der Waals surface area contributed by atoms with Crippen LogP contribution in [0.15, 0.2) is 52.8 Å². The molecule has 5 nitrogen and oxygen atoms in total. The van der Waals surface area contributed by atoms with E-state index in [1.54, 1.807) is 29.7 Å². The highest BCUT2D eigenvalue weighted by atomic mass is 19.1. The molecule has 0 bridgehead atoms. The van der Waals surface area contributed by atoms with E-state index in [4.69, 9.17) is 4.74 Å². The first kappa shape index (κ1) is 15.1. The summed E-state index contributed by atoms with van der Waals surface area (Å²) in [6.07, 6.45) is 1.37. The van der Waals surface area contributed by atoms with Gasteiger partial charge in [-0.25, -0.2) is 9.37 Å². The van der Waals surface area contributed by atoms with Crippen molar-refractivity contribution in [3.63, 3.8) is 0 Å². The molecule has 0 radical (unpaired) electrons. The first-order valence-electron chi connectivity index (χ1n) is 7.32. The number of imidazole rings is 1. The van der Waals surface area contributed by atoms with Crippen LogP contribution in [0.4, 0.5) is 15.9 Å². The van der Waals surface area contributed by atoms with E-state index in [9.17, 15) is 4.39 Å². The van der Waals surface area contributed by atoms with Crippen LogP contribution in [0.5, 0.6) is 5.75 Å². The molecule has 0 amide bonds. The van der Waals surface area contributed by atoms with Crippen molar-refractivity contribution >= 4 is 17.2 Å². The van der Waals surface area contributed by atoms with Crippen LogP contribution < -0.4 is 4.74 Å². The molecule has 0 aliphatic heterocycles. The van der Waals surface area contributed by atoms with Crippen LogP contribution in [0, 0.1) is 5.82 Å². The largest absolute Gasteiger partial charge is 0.497 e. The average Bonchev–Trinajstić information content (AvgIpc) is 2.91. The van der Waals surface area contributed by atoms with Gasteiger partial charge in [0.1, 0.15) is 17.2 Å². The summed E-state index contributed by atoms with van der Waals surface area (Å²) in [6.45, 7) is 4.04. The predicted octanol–water partition coefficient (Wildman–Crippen LogP) is 5.02. The average molecular weight is 312 g/mol. The summed E-state index contributed by atoms with van der Waals surface area (Å²) in [5, 5.41) is 8.53. The van der Waals surface area contributed by atoms with Gasteiger partial charge in [0.25, 0.3) is 0 Å². The topological polar surface area (TPSA) is 51.2 Å². The van der Waals surface area contributed by atoms with E-state index in [1.165, 1.54) is 12.3 Å². The third-order valence-corrected chi connectivity index (χ3v) is 3.46. The van der Waals surface area contributed by atoms with Gasteiger partial charge >= 0.3 is 0 Å². The third-order valence-electron chi connectivity index (χ3n) is 3.46. The second kappa shape index (κ2) is 6.16. The van der Waals surface area contributed by atoms with Crippen LogP contribution in [-0.2, 0) is 0 Å². The molecular formula is C17H17FN4O. The Labute approximate surface area is 133 Å². The fourth-order valence-electron chi connectivity index (χ4n) is 2.27. The van der Waals surface area contributed by atoms with Crippen LogP contribution in [0.1, 0.15) is 25.5 Å². The smallest absolute Gasteiger partial charge is 0.183 e. The molecule has 2 aromatic heterocycles. The highest BCUT2D eigenvalue weighted by Gasteiger charge is 2.15. The summed E-state index contributed by atoms with van der Waals surface area (Å²) in [5.41, 5.74) is 2.12. The first-order chi connectivity index (χ1) is 11.1. The first-order valence-corrected chi connectivity index (χ1v) is 7.32. The highest BCUT2D eigenvalue weighted by Crippen LogP contribution is 2.30. The molecule has 2 heterocycles. The van der Waals surface area contributed by atoms with Gasteiger partial charge in [-0.05, 0) is 42.3 Å². The number of benzene rings is 1. The summed E-state index contributed by atoms with van der Waals surface area (Å²) in [6, 6.07) is 10.3. The quantitative estimate of drug-likeness (QED) is 0.635. The van der Waals surface area contributed by atoms with Gasteiger partial charge in [0.15, 0.2) is 5.82 Å². The zero-order valence-corrected chi connectivity index (χ0v) is 13.2. The number of nitrogens with zero attached hydrogens (tertiary/aromatic N) is 4. The molecule has 0 atom stereocenters. The van der Waals surface area contributed by atoms with Crippen LogP contribution in [0.3, 0.4) is 0 Å². The lowest BCUT2D eigenvalue weighted by Crippen LogP contribution is -1.88. The number of hydrogen-bond donors (Lipinski definition) is 0. The maximum absolute atomic E-state index is 13.5. The standard InChI is InChI=1S/C17H17FN4O/c1-11(2)16-17(22-10-12(18)4-9-15(22)19-16)21-20-13-5-7-14(23-3)8-6-13/h4-11H,1-3H3. The second-order valence-electron chi connectivity index (χ2n) is 5.45. The van der Waals surface area contributed by atoms with Gasteiger partial charge < -0.3 is 4.74 Å². The zero-order chi connectivity index (χ0) is 16.4. The number of pyridine rings is 1. The number of azo groups is 1. The van der Waals surface area contributed by atoms with Gasteiger partial charge in [-0.2, -0.15) is 0 Å². The fourth-order valence-corrected chi connectivity index (χ4v) is 2.27. The predicted molar refractivity (Wildman–Crippen MR) is 86.4 cm³/mol. The normalized spacial score (nSPS) is 11.7. The molecule has 0 saturated heterocycles. The van der Waals surface area contributed by atoms with Crippen molar-refractivity contribution in [2.45, 2.75) is 19.8 Å². The summed E-state index contributed by atoms with van der Waals surface area (Å²) in [4.78, 5) is 4.52. The number of hydrogen-bond acceptors (Lipinski definition) is 4. The maximum atomic E-state index is 13.5.